The lowest BCUT2D eigenvalue weighted by Crippen LogP contribution is -2.38. The van der Waals surface area contributed by atoms with Crippen LogP contribution in [-0.2, 0) is 11.2 Å². The number of hydrogen-bond acceptors (Lipinski definition) is 6. The second-order valence-corrected chi connectivity index (χ2v) is 8.99. The van der Waals surface area contributed by atoms with Crippen LogP contribution in [0.4, 0.5) is 5.69 Å². The molecule has 3 rings (SSSR count). The van der Waals surface area contributed by atoms with Gasteiger partial charge in [-0.3, -0.25) is 4.79 Å². The van der Waals surface area contributed by atoms with Gasteiger partial charge in [0.05, 0.1) is 5.69 Å². The molecule has 0 atom stereocenters. The highest BCUT2D eigenvalue weighted by Crippen LogP contribution is 2.33. The lowest BCUT2D eigenvalue weighted by molar-refractivity contribution is -0.152. The number of hydrogen-bond donors (Lipinski definition) is 2. The highest BCUT2D eigenvalue weighted by Gasteiger charge is 2.30. The van der Waals surface area contributed by atoms with Crippen LogP contribution in [0.3, 0.4) is 0 Å². The summed E-state index contributed by atoms with van der Waals surface area (Å²) in [4.78, 5) is 25.2. The van der Waals surface area contributed by atoms with E-state index in [2.05, 4.69) is 0 Å². The molecule has 3 N–H and O–H groups in total. The van der Waals surface area contributed by atoms with Gasteiger partial charge in [-0.1, -0.05) is 12.1 Å². The monoisotopic (exact) mass is 441 g/mol. The minimum absolute atomic E-state index is 0.151. The second-order valence-electron chi connectivity index (χ2n) is 8.11. The summed E-state index contributed by atoms with van der Waals surface area (Å²) in [5, 5.41) is 10.1. The Hall–Kier alpha value is -2.93. The van der Waals surface area contributed by atoms with Crippen LogP contribution in [0.15, 0.2) is 39.6 Å². The van der Waals surface area contributed by atoms with Gasteiger partial charge in [-0.25, -0.2) is 4.79 Å². The van der Waals surface area contributed by atoms with Gasteiger partial charge in [0.2, 0.25) is 5.78 Å². The van der Waals surface area contributed by atoms with E-state index >= 15 is 0 Å². The predicted octanol–water partition coefficient (Wildman–Crippen LogP) is 5.41. The van der Waals surface area contributed by atoms with Crippen molar-refractivity contribution in [3.63, 3.8) is 0 Å². The number of thioether (sulfide) groups is 1. The average molecular weight is 442 g/mol. The van der Waals surface area contributed by atoms with Gasteiger partial charge in [0, 0.05) is 16.7 Å². The fourth-order valence-electron chi connectivity index (χ4n) is 3.45. The fraction of sp³-hybridized carbons (Fsp3) is 0.333. The number of carbonyl (C=O) groups is 2. The summed E-state index contributed by atoms with van der Waals surface area (Å²) in [7, 11) is 0. The number of carbonyl (C=O) groups excluding carboxylic acids is 1. The van der Waals surface area contributed by atoms with Crippen molar-refractivity contribution in [3.05, 3.63) is 52.8 Å². The number of nitrogens with two attached hydrogens (primary N) is 1. The minimum Gasteiger partial charge on any atom is -0.478 e. The largest absolute Gasteiger partial charge is 0.478 e. The Balaban J connectivity index is 1.77. The first-order valence-electron chi connectivity index (χ1n) is 9.95. The first kappa shape index (κ1) is 22.7. The Labute approximate surface area is 185 Å². The molecule has 7 heteroatoms. The number of rotatable bonds is 8. The third-order valence-electron chi connectivity index (χ3n) is 5.22. The molecule has 0 spiro atoms. The van der Waals surface area contributed by atoms with Crippen LogP contribution in [0.5, 0.6) is 5.75 Å². The number of furan rings is 1. The zero-order valence-corrected chi connectivity index (χ0v) is 19.2. The van der Waals surface area contributed by atoms with Crippen molar-refractivity contribution in [1.29, 1.82) is 0 Å². The number of ether oxygens (including phenoxy) is 1. The Bertz CT molecular complexity index is 1140. The van der Waals surface area contributed by atoms with E-state index in [1.807, 2.05) is 50.4 Å². The molecule has 0 saturated heterocycles. The molecule has 164 valence electrons. The van der Waals surface area contributed by atoms with Crippen molar-refractivity contribution in [1.82, 2.24) is 0 Å². The van der Waals surface area contributed by atoms with Crippen LogP contribution in [0, 0.1) is 13.8 Å². The Morgan fingerprint density at radius 2 is 1.81 bits per heavy atom. The molecule has 1 heterocycles. The van der Waals surface area contributed by atoms with E-state index in [0.717, 1.165) is 27.0 Å². The van der Waals surface area contributed by atoms with E-state index in [9.17, 15) is 14.7 Å². The molecule has 3 aromatic rings. The van der Waals surface area contributed by atoms with Gasteiger partial charge in [0.15, 0.2) is 11.4 Å². The Kier molecular flexibility index (Phi) is 6.36. The van der Waals surface area contributed by atoms with Crippen molar-refractivity contribution >= 4 is 40.2 Å². The smallest absolute Gasteiger partial charge is 0.347 e. The molecule has 0 unspecified atom stereocenters. The highest BCUT2D eigenvalue weighted by atomic mass is 32.2. The van der Waals surface area contributed by atoms with Gasteiger partial charge >= 0.3 is 5.97 Å². The fourth-order valence-corrected chi connectivity index (χ4v) is 3.88. The van der Waals surface area contributed by atoms with Crippen molar-refractivity contribution in [2.24, 2.45) is 0 Å². The number of carboxylic acid groups (broad SMARTS) is 1. The van der Waals surface area contributed by atoms with Gasteiger partial charge in [-0.05, 0) is 75.3 Å². The molecule has 0 aliphatic heterocycles. The number of ketones is 1. The van der Waals surface area contributed by atoms with Crippen molar-refractivity contribution in [2.45, 2.75) is 51.0 Å². The lowest BCUT2D eigenvalue weighted by atomic mass is 10.00. The predicted molar refractivity (Wildman–Crippen MR) is 123 cm³/mol. The van der Waals surface area contributed by atoms with Crippen molar-refractivity contribution in [2.75, 3.05) is 12.0 Å². The Morgan fingerprint density at radius 3 is 2.39 bits per heavy atom. The molecule has 0 fully saturated rings. The lowest BCUT2D eigenvalue weighted by Gasteiger charge is -2.24. The molecule has 1 aromatic heterocycles. The quantitative estimate of drug-likeness (QED) is 0.356. The Morgan fingerprint density at radius 1 is 1.16 bits per heavy atom. The topological polar surface area (TPSA) is 103 Å². The van der Waals surface area contributed by atoms with Crippen LogP contribution in [0.2, 0.25) is 0 Å². The summed E-state index contributed by atoms with van der Waals surface area (Å²) < 4.78 is 11.5. The maximum atomic E-state index is 12.8. The summed E-state index contributed by atoms with van der Waals surface area (Å²) >= 11 is 1.59. The molecular weight excluding hydrogens is 414 g/mol. The van der Waals surface area contributed by atoms with Crippen LogP contribution in [0.1, 0.15) is 47.5 Å². The minimum atomic E-state index is -1.33. The number of carboxylic acids is 1. The molecule has 0 radical (unpaired) electrons. The zero-order chi connectivity index (χ0) is 22.9. The first-order valence-corrected chi connectivity index (χ1v) is 11.2. The van der Waals surface area contributed by atoms with E-state index < -0.39 is 11.6 Å². The molecule has 0 bridgehead atoms. The van der Waals surface area contributed by atoms with Gasteiger partial charge in [0.1, 0.15) is 11.3 Å². The summed E-state index contributed by atoms with van der Waals surface area (Å²) in [6, 6.07) is 9.55. The number of Topliss-reactive ketones (excluding diaryl/α,β-unsaturated/α-hetero) is 1. The van der Waals surface area contributed by atoms with Crippen LogP contribution in [-0.4, -0.2) is 28.7 Å². The first-order chi connectivity index (χ1) is 14.5. The molecule has 31 heavy (non-hydrogen) atoms. The molecule has 0 aliphatic carbocycles. The van der Waals surface area contributed by atoms with Crippen LogP contribution < -0.4 is 10.5 Å². The standard InChI is InChI=1S/C24H27NO5S/c1-13-10-15(11-14(2)21(13)30-24(3,4)23(27)28)6-9-18(26)22-20(25)17-8-7-16(31-5)12-19(17)29-22/h7-8,10-12H,6,9,25H2,1-5H3,(H,27,28). The number of anilines is 1. The molecule has 6 nitrogen and oxygen atoms in total. The van der Waals surface area contributed by atoms with Crippen molar-refractivity contribution < 1.29 is 23.8 Å². The summed E-state index contributed by atoms with van der Waals surface area (Å²) in [6.07, 6.45) is 2.73. The van der Waals surface area contributed by atoms with Gasteiger partial charge in [-0.2, -0.15) is 0 Å². The number of aliphatic carboxylic acids is 1. The number of benzene rings is 2. The number of aryl methyl sites for hydroxylation is 3. The van der Waals surface area contributed by atoms with E-state index in [1.54, 1.807) is 11.8 Å². The maximum absolute atomic E-state index is 12.8. The summed E-state index contributed by atoms with van der Waals surface area (Å²) in [6.45, 7) is 6.76. The number of nitrogen functional groups attached to an aromatic ring is 1. The van der Waals surface area contributed by atoms with Crippen LogP contribution >= 0.6 is 11.8 Å². The third-order valence-corrected chi connectivity index (χ3v) is 5.95. The van der Waals surface area contributed by atoms with Crippen LogP contribution in [0.25, 0.3) is 11.0 Å². The summed E-state index contributed by atoms with van der Waals surface area (Å²) in [5.74, 6) is -0.436. The normalized spacial score (nSPS) is 11.6. The molecule has 0 amide bonds. The average Bonchev–Trinajstić information content (AvgIpc) is 3.04. The molecular formula is C24H27NO5S. The molecule has 0 saturated carbocycles. The van der Waals surface area contributed by atoms with Gasteiger partial charge < -0.3 is 20.0 Å². The van der Waals surface area contributed by atoms with E-state index in [4.69, 9.17) is 14.9 Å². The SMILES string of the molecule is CSc1ccc2c(N)c(C(=O)CCc3cc(C)c(OC(C)(C)C(=O)O)c(C)c3)oc2c1. The number of fused-ring (bicyclic) bond motifs is 1. The molecule has 2 aromatic carbocycles. The van der Waals surface area contributed by atoms with E-state index in [0.29, 0.717) is 23.4 Å². The second kappa shape index (κ2) is 8.67. The van der Waals surface area contributed by atoms with Gasteiger partial charge in [0.25, 0.3) is 0 Å². The van der Waals surface area contributed by atoms with Crippen molar-refractivity contribution in [3.8, 4) is 5.75 Å². The zero-order valence-electron chi connectivity index (χ0n) is 18.4. The highest BCUT2D eigenvalue weighted by molar-refractivity contribution is 7.98. The van der Waals surface area contributed by atoms with E-state index in [-0.39, 0.29) is 18.0 Å². The third kappa shape index (κ3) is 4.71. The van der Waals surface area contributed by atoms with Gasteiger partial charge in [-0.15, -0.1) is 11.8 Å². The molecule has 0 aliphatic rings. The summed E-state index contributed by atoms with van der Waals surface area (Å²) in [5.41, 5.74) is 8.43. The maximum Gasteiger partial charge on any atom is 0.347 e. The van der Waals surface area contributed by atoms with E-state index in [1.165, 1.54) is 13.8 Å².